The smallest absolute Gasteiger partial charge is 0.241 e. The minimum Gasteiger partial charge on any atom is -0.505 e. The number of nitrogens with one attached hydrogen (secondary N) is 1. The van der Waals surface area contributed by atoms with E-state index >= 15 is 0 Å². The van der Waals surface area contributed by atoms with E-state index in [2.05, 4.69) is 5.32 Å². The third kappa shape index (κ3) is 3.51. The van der Waals surface area contributed by atoms with Crippen LogP contribution in [0, 0.1) is 5.92 Å². The predicted octanol–water partition coefficient (Wildman–Crippen LogP) is 3.01. The second-order valence-corrected chi connectivity index (χ2v) is 5.00. The highest BCUT2D eigenvalue weighted by atomic mass is 35.5. The highest BCUT2D eigenvalue weighted by molar-refractivity contribution is 6.37. The number of nitrogens with two attached hydrogens (primary N) is 1. The quantitative estimate of drug-likeness (QED) is 0.746. The summed E-state index contributed by atoms with van der Waals surface area (Å²) in [4.78, 5) is 11.8. The number of phenols is 1. The number of anilines is 1. The number of rotatable bonds is 4. The van der Waals surface area contributed by atoms with E-state index in [4.69, 9.17) is 28.9 Å². The molecule has 0 aliphatic heterocycles. The summed E-state index contributed by atoms with van der Waals surface area (Å²) in [7, 11) is 0. The van der Waals surface area contributed by atoms with Crippen molar-refractivity contribution < 1.29 is 9.90 Å². The molecule has 0 bridgehead atoms. The third-order valence-corrected chi connectivity index (χ3v) is 3.42. The van der Waals surface area contributed by atoms with Crippen molar-refractivity contribution in [1.29, 1.82) is 0 Å². The van der Waals surface area contributed by atoms with Crippen molar-refractivity contribution >= 4 is 34.8 Å². The van der Waals surface area contributed by atoms with Crippen LogP contribution in [0.2, 0.25) is 10.0 Å². The maximum atomic E-state index is 11.8. The summed E-state index contributed by atoms with van der Waals surface area (Å²) in [5.74, 6) is -0.433. The number of hydrogen-bond donors (Lipinski definition) is 3. The van der Waals surface area contributed by atoms with Crippen molar-refractivity contribution in [3.8, 4) is 5.75 Å². The maximum absolute atomic E-state index is 11.8. The molecule has 0 radical (unpaired) electrons. The topological polar surface area (TPSA) is 75.4 Å². The van der Waals surface area contributed by atoms with Gasteiger partial charge in [0.15, 0.2) is 5.75 Å². The predicted molar refractivity (Wildman–Crippen MR) is 74.2 cm³/mol. The first-order valence-electron chi connectivity index (χ1n) is 5.61. The standard InChI is InChI=1S/C12H16Cl2N2O2/c1-3-6(2)10(15)12(18)16-7-4-8(13)11(17)9(14)5-7/h4-6,10,17H,3,15H2,1-2H3,(H,16,18)/t6?,10-/m0/s1. The Labute approximate surface area is 116 Å². The summed E-state index contributed by atoms with van der Waals surface area (Å²) in [6.07, 6.45) is 0.811. The Bertz CT molecular complexity index is 429. The molecule has 0 heterocycles. The summed E-state index contributed by atoms with van der Waals surface area (Å²) < 4.78 is 0. The normalized spacial score (nSPS) is 14.1. The molecule has 0 aromatic heterocycles. The molecular formula is C12H16Cl2N2O2. The van der Waals surface area contributed by atoms with Crippen LogP contribution in [-0.4, -0.2) is 17.1 Å². The number of amides is 1. The largest absolute Gasteiger partial charge is 0.505 e. The van der Waals surface area contributed by atoms with Crippen LogP contribution in [-0.2, 0) is 4.79 Å². The first-order chi connectivity index (χ1) is 8.36. The molecule has 100 valence electrons. The van der Waals surface area contributed by atoms with E-state index in [-0.39, 0.29) is 27.6 Å². The van der Waals surface area contributed by atoms with E-state index in [1.54, 1.807) is 0 Å². The van der Waals surface area contributed by atoms with Gasteiger partial charge in [-0.25, -0.2) is 0 Å². The summed E-state index contributed by atoms with van der Waals surface area (Å²) in [6, 6.07) is 2.25. The van der Waals surface area contributed by atoms with E-state index < -0.39 is 6.04 Å². The van der Waals surface area contributed by atoms with Crippen molar-refractivity contribution in [1.82, 2.24) is 0 Å². The molecule has 0 aliphatic rings. The van der Waals surface area contributed by atoms with Crippen LogP contribution in [0.25, 0.3) is 0 Å². The van der Waals surface area contributed by atoms with Crippen LogP contribution in [0.5, 0.6) is 5.75 Å². The lowest BCUT2D eigenvalue weighted by Gasteiger charge is -2.18. The Morgan fingerprint density at radius 2 is 1.94 bits per heavy atom. The first-order valence-corrected chi connectivity index (χ1v) is 6.36. The van der Waals surface area contributed by atoms with E-state index in [0.717, 1.165) is 6.42 Å². The molecule has 4 N–H and O–H groups in total. The lowest BCUT2D eigenvalue weighted by Crippen LogP contribution is -2.40. The minimum atomic E-state index is -0.596. The van der Waals surface area contributed by atoms with Gasteiger partial charge in [0.2, 0.25) is 5.91 Å². The Morgan fingerprint density at radius 1 is 1.44 bits per heavy atom. The van der Waals surface area contributed by atoms with Crippen molar-refractivity contribution in [2.75, 3.05) is 5.32 Å². The van der Waals surface area contributed by atoms with Gasteiger partial charge in [0.1, 0.15) is 0 Å². The monoisotopic (exact) mass is 290 g/mol. The molecule has 4 nitrogen and oxygen atoms in total. The van der Waals surface area contributed by atoms with Crippen molar-refractivity contribution in [2.45, 2.75) is 26.3 Å². The molecule has 1 rings (SSSR count). The van der Waals surface area contributed by atoms with Crippen molar-refractivity contribution in [3.63, 3.8) is 0 Å². The van der Waals surface area contributed by atoms with Crippen LogP contribution in [0.1, 0.15) is 20.3 Å². The number of aromatic hydroxyl groups is 1. The van der Waals surface area contributed by atoms with E-state index in [1.807, 2.05) is 13.8 Å². The SMILES string of the molecule is CCC(C)[C@H](N)C(=O)Nc1cc(Cl)c(O)c(Cl)c1. The van der Waals surface area contributed by atoms with Crippen molar-refractivity contribution in [2.24, 2.45) is 11.7 Å². The number of phenolic OH excluding ortho intramolecular Hbond substituents is 1. The molecule has 1 amide bonds. The lowest BCUT2D eigenvalue weighted by atomic mass is 9.99. The van der Waals surface area contributed by atoms with Gasteiger partial charge in [0.25, 0.3) is 0 Å². The molecule has 18 heavy (non-hydrogen) atoms. The summed E-state index contributed by atoms with van der Waals surface area (Å²) in [6.45, 7) is 3.87. The first kappa shape index (κ1) is 15.1. The summed E-state index contributed by atoms with van der Waals surface area (Å²) >= 11 is 11.5. The van der Waals surface area contributed by atoms with E-state index in [0.29, 0.717) is 5.69 Å². The second-order valence-electron chi connectivity index (χ2n) is 4.19. The fourth-order valence-electron chi connectivity index (χ4n) is 1.38. The molecule has 2 atom stereocenters. The summed E-state index contributed by atoms with van der Waals surface area (Å²) in [5, 5.41) is 12.2. The number of carbonyl (C=O) groups is 1. The minimum absolute atomic E-state index is 0.0769. The van der Waals surface area contributed by atoms with Gasteiger partial charge in [0.05, 0.1) is 16.1 Å². The molecule has 1 aromatic rings. The van der Waals surface area contributed by atoms with Crippen LogP contribution in [0.4, 0.5) is 5.69 Å². The van der Waals surface area contributed by atoms with Gasteiger partial charge in [-0.1, -0.05) is 43.5 Å². The molecular weight excluding hydrogens is 275 g/mol. The Hall–Kier alpha value is -0.970. The number of halogens is 2. The van der Waals surface area contributed by atoms with Gasteiger partial charge >= 0.3 is 0 Å². The fourth-order valence-corrected chi connectivity index (χ4v) is 1.86. The van der Waals surface area contributed by atoms with Gasteiger partial charge in [-0.05, 0) is 18.1 Å². The second kappa shape index (κ2) is 6.27. The molecule has 6 heteroatoms. The molecule has 1 aromatic carbocycles. The Morgan fingerprint density at radius 3 is 2.39 bits per heavy atom. The van der Waals surface area contributed by atoms with Crippen LogP contribution in [0.15, 0.2) is 12.1 Å². The number of hydrogen-bond acceptors (Lipinski definition) is 3. The lowest BCUT2D eigenvalue weighted by molar-refractivity contribution is -0.118. The summed E-state index contributed by atoms with van der Waals surface area (Å²) in [5.41, 5.74) is 6.21. The van der Waals surface area contributed by atoms with Gasteiger partial charge < -0.3 is 16.2 Å². The highest BCUT2D eigenvalue weighted by Crippen LogP contribution is 2.34. The molecule has 0 spiro atoms. The maximum Gasteiger partial charge on any atom is 0.241 e. The van der Waals surface area contributed by atoms with Crippen LogP contribution < -0.4 is 11.1 Å². The van der Waals surface area contributed by atoms with E-state index in [9.17, 15) is 9.90 Å². The molecule has 0 saturated heterocycles. The molecule has 0 fully saturated rings. The van der Waals surface area contributed by atoms with Crippen LogP contribution in [0.3, 0.4) is 0 Å². The zero-order valence-corrected chi connectivity index (χ0v) is 11.7. The van der Waals surface area contributed by atoms with Gasteiger partial charge in [-0.2, -0.15) is 0 Å². The average Bonchev–Trinajstić information content (AvgIpc) is 2.33. The Kier molecular flexibility index (Phi) is 5.26. The van der Waals surface area contributed by atoms with Crippen LogP contribution >= 0.6 is 23.2 Å². The van der Waals surface area contributed by atoms with Gasteiger partial charge in [-0.15, -0.1) is 0 Å². The molecule has 1 unspecified atom stereocenters. The zero-order chi connectivity index (χ0) is 13.9. The van der Waals surface area contributed by atoms with E-state index in [1.165, 1.54) is 12.1 Å². The fraction of sp³-hybridized carbons (Fsp3) is 0.417. The van der Waals surface area contributed by atoms with Gasteiger partial charge in [-0.3, -0.25) is 4.79 Å². The number of benzene rings is 1. The third-order valence-electron chi connectivity index (χ3n) is 2.84. The highest BCUT2D eigenvalue weighted by Gasteiger charge is 2.20. The number of carbonyl (C=O) groups excluding carboxylic acids is 1. The zero-order valence-electron chi connectivity index (χ0n) is 10.2. The molecule has 0 saturated carbocycles. The van der Waals surface area contributed by atoms with Gasteiger partial charge in [0, 0.05) is 5.69 Å². The molecule has 0 aliphatic carbocycles. The van der Waals surface area contributed by atoms with Crippen molar-refractivity contribution in [3.05, 3.63) is 22.2 Å². The average molecular weight is 291 g/mol. The Balaban J connectivity index is 2.82.